The number of aromatic nitrogens is 2. The molecule has 0 spiro atoms. The number of carbonyl (C=O) groups is 1. The number of amides is 1. The fourth-order valence-corrected chi connectivity index (χ4v) is 2.48. The summed E-state index contributed by atoms with van der Waals surface area (Å²) in [5.74, 6) is 1.38. The van der Waals surface area contributed by atoms with Gasteiger partial charge in [-0.1, -0.05) is 20.8 Å². The maximum atomic E-state index is 11.9. The normalized spacial score (nSPS) is 17.1. The summed E-state index contributed by atoms with van der Waals surface area (Å²) in [6, 6.07) is 1.92. The zero-order valence-corrected chi connectivity index (χ0v) is 12.8. The van der Waals surface area contributed by atoms with E-state index in [0.29, 0.717) is 18.2 Å². The van der Waals surface area contributed by atoms with Crippen LogP contribution in [0.1, 0.15) is 52.1 Å². The number of nitrogens with zero attached hydrogens (tertiary/aromatic N) is 1. The topological polar surface area (TPSA) is 69.8 Å². The van der Waals surface area contributed by atoms with E-state index in [4.69, 9.17) is 0 Å². The predicted octanol–water partition coefficient (Wildman–Crippen LogP) is 2.43. The highest BCUT2D eigenvalue weighted by Crippen LogP contribution is 2.22. The van der Waals surface area contributed by atoms with Gasteiger partial charge >= 0.3 is 0 Å². The molecule has 1 fully saturated rings. The molecule has 1 aliphatic rings. The van der Waals surface area contributed by atoms with Gasteiger partial charge in [0.15, 0.2) is 5.82 Å². The third-order valence-corrected chi connectivity index (χ3v) is 3.89. The molecule has 20 heavy (non-hydrogen) atoms. The third-order valence-electron chi connectivity index (χ3n) is 3.89. The first-order chi connectivity index (χ1) is 9.45. The number of hydrogen-bond donors (Lipinski definition) is 3. The van der Waals surface area contributed by atoms with Crippen molar-refractivity contribution >= 4 is 11.7 Å². The summed E-state index contributed by atoms with van der Waals surface area (Å²) in [5, 5.41) is 13.4. The molecule has 0 bridgehead atoms. The van der Waals surface area contributed by atoms with Crippen molar-refractivity contribution in [2.75, 3.05) is 18.4 Å². The Hall–Kier alpha value is -1.36. The van der Waals surface area contributed by atoms with Crippen LogP contribution in [0.2, 0.25) is 0 Å². The molecule has 3 N–H and O–H groups in total. The van der Waals surface area contributed by atoms with Gasteiger partial charge in [0, 0.05) is 23.6 Å². The molecule has 1 aromatic rings. The average molecular weight is 278 g/mol. The molecular formula is C15H26N4O. The van der Waals surface area contributed by atoms with Gasteiger partial charge in [-0.25, -0.2) is 0 Å². The number of anilines is 1. The summed E-state index contributed by atoms with van der Waals surface area (Å²) in [6.07, 6.45) is 3.93. The number of piperidine rings is 1. The molecule has 5 nitrogen and oxygen atoms in total. The van der Waals surface area contributed by atoms with Gasteiger partial charge in [-0.15, -0.1) is 0 Å². The third kappa shape index (κ3) is 4.34. The maximum Gasteiger partial charge on any atom is 0.225 e. The molecule has 0 aliphatic carbocycles. The zero-order chi connectivity index (χ0) is 14.6. The Morgan fingerprint density at radius 3 is 2.70 bits per heavy atom. The summed E-state index contributed by atoms with van der Waals surface area (Å²) in [4.78, 5) is 11.9. The van der Waals surface area contributed by atoms with E-state index in [1.54, 1.807) is 0 Å². The Morgan fingerprint density at radius 2 is 2.10 bits per heavy atom. The maximum absolute atomic E-state index is 11.9. The van der Waals surface area contributed by atoms with Gasteiger partial charge in [-0.3, -0.25) is 9.89 Å². The van der Waals surface area contributed by atoms with Crippen LogP contribution < -0.4 is 10.6 Å². The zero-order valence-electron chi connectivity index (χ0n) is 12.8. The van der Waals surface area contributed by atoms with Gasteiger partial charge in [0.1, 0.15) is 0 Å². The first-order valence-corrected chi connectivity index (χ1v) is 7.51. The fourth-order valence-electron chi connectivity index (χ4n) is 2.48. The second kappa shape index (κ2) is 6.39. The molecule has 5 heteroatoms. The molecule has 1 aliphatic heterocycles. The second-order valence-electron chi connectivity index (χ2n) is 6.70. The van der Waals surface area contributed by atoms with Crippen molar-refractivity contribution in [2.24, 2.45) is 5.92 Å². The van der Waals surface area contributed by atoms with Crippen LogP contribution in [0.15, 0.2) is 6.07 Å². The molecule has 2 heterocycles. The molecule has 0 aromatic carbocycles. The number of H-pyrrole nitrogens is 1. The Balaban J connectivity index is 1.77. The molecule has 1 saturated heterocycles. The second-order valence-corrected chi connectivity index (χ2v) is 6.70. The molecule has 1 aromatic heterocycles. The fraction of sp³-hybridized carbons (Fsp3) is 0.733. The molecule has 0 saturated carbocycles. The number of rotatable bonds is 4. The number of nitrogens with one attached hydrogen (secondary N) is 3. The summed E-state index contributed by atoms with van der Waals surface area (Å²) < 4.78 is 0. The number of aromatic amines is 1. The highest BCUT2D eigenvalue weighted by atomic mass is 16.1. The molecule has 112 valence electrons. The van der Waals surface area contributed by atoms with Crippen LogP contribution in [0, 0.1) is 5.92 Å². The first kappa shape index (κ1) is 15.0. The van der Waals surface area contributed by atoms with E-state index >= 15 is 0 Å². The van der Waals surface area contributed by atoms with E-state index in [2.05, 4.69) is 41.6 Å². The Bertz CT molecular complexity index is 441. The minimum absolute atomic E-state index is 0.0189. The molecule has 1 amide bonds. The summed E-state index contributed by atoms with van der Waals surface area (Å²) >= 11 is 0. The molecule has 0 radical (unpaired) electrons. The van der Waals surface area contributed by atoms with Gasteiger partial charge in [-0.05, 0) is 38.3 Å². The van der Waals surface area contributed by atoms with E-state index in [-0.39, 0.29) is 11.3 Å². The van der Waals surface area contributed by atoms with E-state index in [1.165, 1.54) is 12.8 Å². The predicted molar refractivity (Wildman–Crippen MR) is 80.7 cm³/mol. The Morgan fingerprint density at radius 1 is 1.40 bits per heavy atom. The van der Waals surface area contributed by atoms with Crippen LogP contribution in [0.3, 0.4) is 0 Å². The van der Waals surface area contributed by atoms with Gasteiger partial charge < -0.3 is 10.6 Å². The minimum atomic E-state index is 0.0189. The molecule has 0 atom stereocenters. The van der Waals surface area contributed by atoms with Crippen LogP contribution in [0.5, 0.6) is 0 Å². The van der Waals surface area contributed by atoms with E-state index in [1.807, 2.05) is 6.07 Å². The van der Waals surface area contributed by atoms with Crippen molar-refractivity contribution in [3.05, 3.63) is 11.8 Å². The van der Waals surface area contributed by atoms with E-state index in [9.17, 15) is 4.79 Å². The van der Waals surface area contributed by atoms with Crippen molar-refractivity contribution in [3.63, 3.8) is 0 Å². The van der Waals surface area contributed by atoms with Crippen molar-refractivity contribution in [1.29, 1.82) is 0 Å². The van der Waals surface area contributed by atoms with Crippen LogP contribution in [-0.4, -0.2) is 29.2 Å². The molecular weight excluding hydrogens is 252 g/mol. The number of carbonyl (C=O) groups excluding carboxylic acids is 1. The van der Waals surface area contributed by atoms with Crippen LogP contribution >= 0.6 is 0 Å². The van der Waals surface area contributed by atoms with Crippen LogP contribution in [0.25, 0.3) is 0 Å². The largest absolute Gasteiger partial charge is 0.317 e. The van der Waals surface area contributed by atoms with Crippen LogP contribution in [0.4, 0.5) is 5.82 Å². The van der Waals surface area contributed by atoms with Crippen molar-refractivity contribution < 1.29 is 4.79 Å². The van der Waals surface area contributed by atoms with Gasteiger partial charge in [0.05, 0.1) is 0 Å². The van der Waals surface area contributed by atoms with Crippen molar-refractivity contribution in [2.45, 2.75) is 51.9 Å². The van der Waals surface area contributed by atoms with Gasteiger partial charge in [0.2, 0.25) is 5.91 Å². The summed E-state index contributed by atoms with van der Waals surface area (Å²) in [5.41, 5.74) is 1.05. The Kier molecular flexibility index (Phi) is 4.81. The smallest absolute Gasteiger partial charge is 0.225 e. The first-order valence-electron chi connectivity index (χ1n) is 7.51. The summed E-state index contributed by atoms with van der Waals surface area (Å²) in [7, 11) is 0. The van der Waals surface area contributed by atoms with Crippen molar-refractivity contribution in [1.82, 2.24) is 15.5 Å². The Labute approximate surface area is 120 Å². The van der Waals surface area contributed by atoms with Crippen molar-refractivity contribution in [3.8, 4) is 0 Å². The minimum Gasteiger partial charge on any atom is -0.317 e. The lowest BCUT2D eigenvalue weighted by Gasteiger charge is -2.21. The lowest BCUT2D eigenvalue weighted by atomic mass is 9.92. The standard InChI is InChI=1S/C15H26N4O/c1-15(2,3)12-10-13(19-18-12)17-14(20)5-4-11-6-8-16-9-7-11/h10-11,16H,4-9H2,1-3H3,(H2,17,18,19,20). The highest BCUT2D eigenvalue weighted by Gasteiger charge is 2.18. The van der Waals surface area contributed by atoms with Gasteiger partial charge in [-0.2, -0.15) is 5.10 Å². The van der Waals surface area contributed by atoms with Gasteiger partial charge in [0.25, 0.3) is 0 Å². The molecule has 0 unspecified atom stereocenters. The SMILES string of the molecule is CC(C)(C)c1cc(NC(=O)CCC2CCNCC2)n[nH]1. The monoisotopic (exact) mass is 278 g/mol. The quantitative estimate of drug-likeness (QED) is 0.792. The van der Waals surface area contributed by atoms with E-state index < -0.39 is 0 Å². The summed E-state index contributed by atoms with van der Waals surface area (Å²) in [6.45, 7) is 8.51. The number of hydrogen-bond acceptors (Lipinski definition) is 3. The van der Waals surface area contributed by atoms with Crippen LogP contribution in [-0.2, 0) is 10.2 Å². The lowest BCUT2D eigenvalue weighted by Crippen LogP contribution is -2.28. The lowest BCUT2D eigenvalue weighted by molar-refractivity contribution is -0.116. The van der Waals surface area contributed by atoms with E-state index in [0.717, 1.165) is 25.2 Å². The average Bonchev–Trinajstić information content (AvgIpc) is 2.86. The highest BCUT2D eigenvalue weighted by molar-refractivity contribution is 5.89. The molecule has 2 rings (SSSR count).